The second-order valence-electron chi connectivity index (χ2n) is 6.82. The quantitative estimate of drug-likeness (QED) is 0.274. The second-order valence-corrected chi connectivity index (χ2v) is 6.82. The number of benzene rings is 1. The van der Waals surface area contributed by atoms with E-state index >= 15 is 0 Å². The number of nitrogens with one attached hydrogen (secondary N) is 3. The molecule has 3 amide bonds. The van der Waals surface area contributed by atoms with Gasteiger partial charge in [-0.25, -0.2) is 0 Å². The van der Waals surface area contributed by atoms with Gasteiger partial charge in [-0.05, 0) is 32.8 Å². The van der Waals surface area contributed by atoms with Crippen LogP contribution in [0.1, 0.15) is 26.3 Å². The maximum absolute atomic E-state index is 12.4. The number of aliphatic carboxylic acids is 1. The number of nitrogens with two attached hydrogens (primary N) is 1. The molecule has 0 aliphatic carbocycles. The molecule has 0 aliphatic heterocycles. The Bertz CT molecular complexity index is 725. The molecule has 10 heteroatoms. The van der Waals surface area contributed by atoms with Crippen molar-refractivity contribution in [1.29, 1.82) is 0 Å². The summed E-state index contributed by atoms with van der Waals surface area (Å²) < 4.78 is 0. The predicted octanol–water partition coefficient (Wildman–Crippen LogP) is -1.48. The zero-order valence-corrected chi connectivity index (χ0v) is 16.6. The third-order valence-corrected chi connectivity index (χ3v) is 4.18. The largest absolute Gasteiger partial charge is 0.480 e. The number of rotatable bonds is 10. The molecule has 1 aromatic rings. The fourth-order valence-corrected chi connectivity index (χ4v) is 2.40. The Balaban J connectivity index is 2.68. The average Bonchev–Trinajstić information content (AvgIpc) is 2.65. The summed E-state index contributed by atoms with van der Waals surface area (Å²) in [5.41, 5.74) is 6.72. The van der Waals surface area contributed by atoms with Crippen LogP contribution >= 0.6 is 0 Å². The molecule has 0 aromatic heterocycles. The Labute approximate surface area is 168 Å². The van der Waals surface area contributed by atoms with Crippen molar-refractivity contribution in [2.75, 3.05) is 0 Å². The van der Waals surface area contributed by atoms with Crippen molar-refractivity contribution in [3.8, 4) is 0 Å². The first kappa shape index (κ1) is 24.1. The predicted molar refractivity (Wildman–Crippen MR) is 105 cm³/mol. The molecule has 5 atom stereocenters. The lowest BCUT2D eigenvalue weighted by Gasteiger charge is -2.24. The number of carbonyl (C=O) groups is 4. The van der Waals surface area contributed by atoms with E-state index in [0.29, 0.717) is 0 Å². The third kappa shape index (κ3) is 7.88. The Morgan fingerprint density at radius 2 is 1.45 bits per heavy atom. The van der Waals surface area contributed by atoms with Gasteiger partial charge in [0.2, 0.25) is 17.7 Å². The van der Waals surface area contributed by atoms with Crippen LogP contribution in [0.3, 0.4) is 0 Å². The van der Waals surface area contributed by atoms with Gasteiger partial charge in [0.25, 0.3) is 0 Å². The number of hydrogen-bond acceptors (Lipinski definition) is 6. The van der Waals surface area contributed by atoms with E-state index in [9.17, 15) is 24.3 Å². The summed E-state index contributed by atoms with van der Waals surface area (Å²) in [5.74, 6) is -3.37. The number of aliphatic hydroxyl groups excluding tert-OH is 1. The van der Waals surface area contributed by atoms with Crippen LogP contribution in [0.5, 0.6) is 0 Å². The number of aliphatic hydroxyl groups is 1. The molecule has 0 saturated carbocycles. The minimum Gasteiger partial charge on any atom is -0.480 e. The molecule has 160 valence electrons. The summed E-state index contributed by atoms with van der Waals surface area (Å²) in [7, 11) is 0. The molecule has 1 rings (SSSR count). The molecule has 0 aliphatic rings. The van der Waals surface area contributed by atoms with Crippen molar-refractivity contribution < 1.29 is 29.4 Å². The Hall–Kier alpha value is -2.98. The molecule has 0 saturated heterocycles. The standard InChI is InChI=1S/C19H28N4O6/c1-10(16(25)22-11(2)19(28)29)21-18(27)15(12(3)24)23-17(26)14(20)9-13-7-5-4-6-8-13/h4-8,10-12,14-15,24H,9,20H2,1-3H3,(H,21,27)(H,22,25)(H,23,26)(H,28,29). The highest BCUT2D eigenvalue weighted by Crippen LogP contribution is 2.03. The minimum atomic E-state index is -1.34. The van der Waals surface area contributed by atoms with Crippen LogP contribution in [-0.2, 0) is 25.6 Å². The Kier molecular flexibility index (Phi) is 9.23. The van der Waals surface area contributed by atoms with Gasteiger partial charge in [-0.3, -0.25) is 19.2 Å². The highest BCUT2D eigenvalue weighted by molar-refractivity contribution is 5.94. The van der Waals surface area contributed by atoms with Gasteiger partial charge < -0.3 is 31.9 Å². The highest BCUT2D eigenvalue weighted by Gasteiger charge is 2.30. The third-order valence-electron chi connectivity index (χ3n) is 4.18. The van der Waals surface area contributed by atoms with Gasteiger partial charge in [0, 0.05) is 0 Å². The summed E-state index contributed by atoms with van der Waals surface area (Å²) in [6.07, 6.45) is -1.01. The van der Waals surface area contributed by atoms with E-state index in [4.69, 9.17) is 10.8 Å². The summed E-state index contributed by atoms with van der Waals surface area (Å²) in [6.45, 7) is 3.94. The molecular formula is C19H28N4O6. The zero-order valence-electron chi connectivity index (χ0n) is 16.6. The normalized spacial score (nSPS) is 15.9. The van der Waals surface area contributed by atoms with Crippen LogP contribution in [0.15, 0.2) is 30.3 Å². The van der Waals surface area contributed by atoms with Gasteiger partial charge >= 0.3 is 5.97 Å². The lowest BCUT2D eigenvalue weighted by molar-refractivity contribution is -0.141. The van der Waals surface area contributed by atoms with Crippen molar-refractivity contribution in [3.63, 3.8) is 0 Å². The minimum absolute atomic E-state index is 0.243. The van der Waals surface area contributed by atoms with Crippen molar-refractivity contribution >= 4 is 23.7 Å². The number of hydrogen-bond donors (Lipinski definition) is 6. The van der Waals surface area contributed by atoms with E-state index in [1.54, 1.807) is 0 Å². The van der Waals surface area contributed by atoms with Crippen LogP contribution < -0.4 is 21.7 Å². The smallest absolute Gasteiger partial charge is 0.325 e. The summed E-state index contributed by atoms with van der Waals surface area (Å²) in [5, 5.41) is 25.6. The molecule has 0 spiro atoms. The summed E-state index contributed by atoms with van der Waals surface area (Å²) in [4.78, 5) is 47.5. The topological polar surface area (TPSA) is 171 Å². The number of amides is 3. The van der Waals surface area contributed by atoms with Gasteiger partial charge in [-0.2, -0.15) is 0 Å². The molecule has 1 aromatic carbocycles. The average molecular weight is 408 g/mol. The van der Waals surface area contributed by atoms with E-state index in [0.717, 1.165) is 5.56 Å². The maximum Gasteiger partial charge on any atom is 0.325 e. The van der Waals surface area contributed by atoms with Gasteiger partial charge in [-0.1, -0.05) is 30.3 Å². The number of carboxylic acid groups (broad SMARTS) is 1. The molecule has 29 heavy (non-hydrogen) atoms. The van der Waals surface area contributed by atoms with Crippen LogP contribution in [0.2, 0.25) is 0 Å². The van der Waals surface area contributed by atoms with Crippen LogP contribution in [-0.4, -0.2) is 64.2 Å². The van der Waals surface area contributed by atoms with Gasteiger partial charge in [0.1, 0.15) is 18.1 Å². The molecule has 0 bridgehead atoms. The summed E-state index contributed by atoms with van der Waals surface area (Å²) in [6, 6.07) is 4.57. The van der Waals surface area contributed by atoms with Crippen molar-refractivity contribution in [3.05, 3.63) is 35.9 Å². The van der Waals surface area contributed by atoms with Crippen LogP contribution in [0, 0.1) is 0 Å². The van der Waals surface area contributed by atoms with E-state index in [2.05, 4.69) is 16.0 Å². The highest BCUT2D eigenvalue weighted by atomic mass is 16.4. The van der Waals surface area contributed by atoms with E-state index in [1.165, 1.54) is 20.8 Å². The molecule has 0 heterocycles. The lowest BCUT2D eigenvalue weighted by Crippen LogP contribution is -2.59. The fourth-order valence-electron chi connectivity index (χ4n) is 2.40. The molecule has 5 unspecified atom stereocenters. The second kappa shape index (κ2) is 11.1. The van der Waals surface area contributed by atoms with Crippen LogP contribution in [0.4, 0.5) is 0 Å². The lowest BCUT2D eigenvalue weighted by atomic mass is 10.0. The van der Waals surface area contributed by atoms with Gasteiger partial charge in [0.15, 0.2) is 0 Å². The van der Waals surface area contributed by atoms with E-state index < -0.39 is 54.0 Å². The van der Waals surface area contributed by atoms with Crippen molar-refractivity contribution in [2.24, 2.45) is 5.73 Å². The SMILES string of the molecule is CC(NC(=O)C(C)NC(=O)C(NC(=O)C(N)Cc1ccccc1)C(C)O)C(=O)O. The van der Waals surface area contributed by atoms with Crippen molar-refractivity contribution in [1.82, 2.24) is 16.0 Å². The monoisotopic (exact) mass is 408 g/mol. The Morgan fingerprint density at radius 3 is 1.97 bits per heavy atom. The molecule has 7 N–H and O–H groups in total. The molecule has 0 radical (unpaired) electrons. The molecule has 0 fully saturated rings. The van der Waals surface area contributed by atoms with Gasteiger partial charge in [-0.15, -0.1) is 0 Å². The van der Waals surface area contributed by atoms with E-state index in [-0.39, 0.29) is 6.42 Å². The first-order valence-electron chi connectivity index (χ1n) is 9.14. The number of carbonyl (C=O) groups excluding carboxylic acids is 3. The van der Waals surface area contributed by atoms with Gasteiger partial charge in [0.05, 0.1) is 12.1 Å². The first-order chi connectivity index (χ1) is 13.5. The van der Waals surface area contributed by atoms with Crippen LogP contribution in [0.25, 0.3) is 0 Å². The van der Waals surface area contributed by atoms with Crippen molar-refractivity contribution in [2.45, 2.75) is 57.5 Å². The zero-order chi connectivity index (χ0) is 22.1. The number of carboxylic acids is 1. The molecule has 10 nitrogen and oxygen atoms in total. The fraction of sp³-hybridized carbons (Fsp3) is 0.474. The first-order valence-corrected chi connectivity index (χ1v) is 9.14. The summed E-state index contributed by atoms with van der Waals surface area (Å²) >= 11 is 0. The Morgan fingerprint density at radius 1 is 0.897 bits per heavy atom. The van der Waals surface area contributed by atoms with E-state index in [1.807, 2.05) is 30.3 Å². The molecular weight excluding hydrogens is 380 g/mol. The maximum atomic E-state index is 12.4.